The maximum absolute atomic E-state index is 6.05. The second kappa shape index (κ2) is 6.35. The monoisotopic (exact) mass is 339 g/mol. The number of nitrogens with one attached hydrogen (secondary N) is 1. The van der Waals surface area contributed by atoms with E-state index in [0.29, 0.717) is 10.8 Å². The first kappa shape index (κ1) is 14.3. The van der Waals surface area contributed by atoms with Gasteiger partial charge in [-0.1, -0.05) is 34.5 Å². The van der Waals surface area contributed by atoms with E-state index in [2.05, 4.69) is 38.1 Å². The van der Waals surface area contributed by atoms with Crippen LogP contribution in [0.15, 0.2) is 28.7 Å². The van der Waals surface area contributed by atoms with Gasteiger partial charge in [0.15, 0.2) is 5.82 Å². The van der Waals surface area contributed by atoms with Gasteiger partial charge in [0.25, 0.3) is 0 Å². The van der Waals surface area contributed by atoms with Crippen LogP contribution in [0.5, 0.6) is 0 Å². The normalized spacial score (nSPS) is 10.5. The molecule has 0 saturated carbocycles. The molecule has 0 fully saturated rings. The van der Waals surface area contributed by atoms with Gasteiger partial charge in [0.2, 0.25) is 0 Å². The minimum absolute atomic E-state index is 0.675. The van der Waals surface area contributed by atoms with Gasteiger partial charge in [0.05, 0.1) is 0 Å². The number of aromatic nitrogens is 2. The zero-order valence-corrected chi connectivity index (χ0v) is 13.2. The first-order valence-corrected chi connectivity index (χ1v) is 7.38. The van der Waals surface area contributed by atoms with Gasteiger partial charge in [0.1, 0.15) is 5.82 Å². The highest BCUT2D eigenvalue weighted by Crippen LogP contribution is 2.29. The van der Waals surface area contributed by atoms with Crippen LogP contribution in [0, 0.1) is 0 Å². The van der Waals surface area contributed by atoms with E-state index in [1.165, 1.54) is 0 Å². The number of rotatable bonds is 4. The van der Waals surface area contributed by atoms with Crippen molar-refractivity contribution in [2.24, 2.45) is 0 Å². The highest BCUT2D eigenvalue weighted by Gasteiger charge is 2.10. The molecule has 5 heteroatoms. The molecular weight excluding hydrogens is 326 g/mol. The fourth-order valence-corrected chi connectivity index (χ4v) is 2.34. The number of nitrogens with zero attached hydrogens (tertiary/aromatic N) is 2. The van der Waals surface area contributed by atoms with Gasteiger partial charge < -0.3 is 5.32 Å². The van der Waals surface area contributed by atoms with Crippen LogP contribution in [0.2, 0.25) is 5.02 Å². The minimum atomic E-state index is 0.675. The second-order valence-electron chi connectivity index (χ2n) is 4.08. The summed E-state index contributed by atoms with van der Waals surface area (Å²) >= 11 is 9.57. The molecule has 0 amide bonds. The van der Waals surface area contributed by atoms with Crippen molar-refractivity contribution in [1.82, 2.24) is 9.97 Å². The molecule has 1 aromatic heterocycles. The molecule has 2 rings (SSSR count). The van der Waals surface area contributed by atoms with Gasteiger partial charge in [-0.05, 0) is 31.5 Å². The first-order valence-electron chi connectivity index (χ1n) is 6.21. The predicted molar refractivity (Wildman–Crippen MR) is 83.7 cm³/mol. The van der Waals surface area contributed by atoms with Crippen molar-refractivity contribution >= 4 is 33.3 Å². The molecule has 0 aliphatic rings. The Morgan fingerprint density at radius 1 is 1.21 bits per heavy atom. The fraction of sp³-hybridized carbons (Fsp3) is 0.286. The average molecular weight is 341 g/mol. The van der Waals surface area contributed by atoms with Crippen molar-refractivity contribution in [3.8, 4) is 11.4 Å². The maximum Gasteiger partial charge on any atom is 0.162 e. The third kappa shape index (κ3) is 3.45. The molecule has 0 bridgehead atoms. The third-order valence-corrected chi connectivity index (χ3v) is 3.60. The summed E-state index contributed by atoms with van der Waals surface area (Å²) in [4.78, 5) is 9.10. The molecule has 1 N–H and O–H groups in total. The molecular formula is C14H15BrClN3. The van der Waals surface area contributed by atoms with Crippen LogP contribution in [0.4, 0.5) is 5.82 Å². The van der Waals surface area contributed by atoms with Crippen molar-refractivity contribution in [2.45, 2.75) is 20.3 Å². The summed E-state index contributed by atoms with van der Waals surface area (Å²) in [5.41, 5.74) is 1.91. The topological polar surface area (TPSA) is 37.8 Å². The fourth-order valence-electron chi connectivity index (χ4n) is 1.74. The van der Waals surface area contributed by atoms with E-state index in [1.807, 2.05) is 31.2 Å². The van der Waals surface area contributed by atoms with E-state index in [4.69, 9.17) is 11.6 Å². The van der Waals surface area contributed by atoms with Crippen LogP contribution >= 0.6 is 27.5 Å². The summed E-state index contributed by atoms with van der Waals surface area (Å²) in [5.74, 6) is 1.53. The van der Waals surface area contributed by atoms with Gasteiger partial charge >= 0.3 is 0 Å². The zero-order chi connectivity index (χ0) is 13.8. The smallest absolute Gasteiger partial charge is 0.162 e. The highest BCUT2D eigenvalue weighted by atomic mass is 79.9. The number of hydrogen-bond acceptors (Lipinski definition) is 3. The molecule has 0 saturated heterocycles. The number of hydrogen-bond donors (Lipinski definition) is 1. The van der Waals surface area contributed by atoms with E-state index >= 15 is 0 Å². The van der Waals surface area contributed by atoms with Crippen molar-refractivity contribution < 1.29 is 0 Å². The molecule has 0 aliphatic heterocycles. The zero-order valence-electron chi connectivity index (χ0n) is 10.9. The van der Waals surface area contributed by atoms with Crippen molar-refractivity contribution in [3.05, 3.63) is 39.5 Å². The summed E-state index contributed by atoms with van der Waals surface area (Å²) in [6, 6.07) is 7.60. The minimum Gasteiger partial charge on any atom is -0.370 e. The van der Waals surface area contributed by atoms with Crippen LogP contribution in [-0.4, -0.2) is 16.5 Å². The molecule has 1 heterocycles. The molecule has 0 atom stereocenters. The van der Waals surface area contributed by atoms with Crippen LogP contribution in [0.1, 0.15) is 19.5 Å². The Labute approximate surface area is 126 Å². The molecule has 2 aromatic rings. The van der Waals surface area contributed by atoms with Crippen LogP contribution in [-0.2, 0) is 6.42 Å². The summed E-state index contributed by atoms with van der Waals surface area (Å²) in [6.45, 7) is 4.95. The van der Waals surface area contributed by atoms with Crippen LogP contribution in [0.3, 0.4) is 0 Å². The molecule has 19 heavy (non-hydrogen) atoms. The van der Waals surface area contributed by atoms with E-state index in [0.717, 1.165) is 34.5 Å². The summed E-state index contributed by atoms with van der Waals surface area (Å²) < 4.78 is 0.938. The third-order valence-electron chi connectivity index (χ3n) is 2.67. The predicted octanol–water partition coefficient (Wildman–Crippen LogP) is 4.55. The lowest BCUT2D eigenvalue weighted by molar-refractivity contribution is 0.998. The second-order valence-corrected chi connectivity index (χ2v) is 5.37. The molecule has 0 radical (unpaired) electrons. The summed E-state index contributed by atoms with van der Waals surface area (Å²) in [6.07, 6.45) is 0.867. The Balaban J connectivity index is 2.54. The van der Waals surface area contributed by atoms with Crippen molar-refractivity contribution in [2.75, 3.05) is 11.9 Å². The Hall–Kier alpha value is -1.13. The van der Waals surface area contributed by atoms with Crippen LogP contribution < -0.4 is 5.32 Å². The first-order chi connectivity index (χ1) is 9.13. The lowest BCUT2D eigenvalue weighted by atomic mass is 10.2. The Morgan fingerprint density at radius 3 is 2.68 bits per heavy atom. The number of benzene rings is 1. The Kier molecular flexibility index (Phi) is 4.77. The number of aryl methyl sites for hydroxylation is 1. The SMILES string of the molecule is CCNc1cc(CC)nc(-c2cc(Cl)ccc2Br)n1. The molecule has 100 valence electrons. The summed E-state index contributed by atoms with van der Waals surface area (Å²) in [5, 5.41) is 3.90. The molecule has 1 aromatic carbocycles. The lowest BCUT2D eigenvalue weighted by Gasteiger charge is -2.09. The van der Waals surface area contributed by atoms with E-state index in [9.17, 15) is 0 Å². The standard InChI is InChI=1S/C14H15BrClN3/c1-3-10-8-13(17-4-2)19-14(18-10)11-7-9(16)5-6-12(11)15/h5-8H,3-4H2,1-2H3,(H,17,18,19). The Morgan fingerprint density at radius 2 is 2.00 bits per heavy atom. The van der Waals surface area contributed by atoms with Crippen LogP contribution in [0.25, 0.3) is 11.4 Å². The van der Waals surface area contributed by atoms with Gasteiger partial charge in [0, 0.05) is 33.4 Å². The van der Waals surface area contributed by atoms with Gasteiger partial charge in [-0.15, -0.1) is 0 Å². The van der Waals surface area contributed by atoms with E-state index in [-0.39, 0.29) is 0 Å². The number of halogens is 2. The van der Waals surface area contributed by atoms with Gasteiger partial charge in [-0.2, -0.15) is 0 Å². The molecule has 0 spiro atoms. The average Bonchev–Trinajstić information content (AvgIpc) is 2.41. The number of anilines is 1. The maximum atomic E-state index is 6.05. The van der Waals surface area contributed by atoms with Crippen molar-refractivity contribution in [3.63, 3.8) is 0 Å². The lowest BCUT2D eigenvalue weighted by Crippen LogP contribution is -2.04. The quantitative estimate of drug-likeness (QED) is 0.887. The van der Waals surface area contributed by atoms with E-state index in [1.54, 1.807) is 0 Å². The van der Waals surface area contributed by atoms with Gasteiger partial charge in [-0.3, -0.25) is 0 Å². The largest absolute Gasteiger partial charge is 0.370 e. The molecule has 3 nitrogen and oxygen atoms in total. The molecule has 0 unspecified atom stereocenters. The van der Waals surface area contributed by atoms with Gasteiger partial charge in [-0.25, -0.2) is 9.97 Å². The Bertz CT molecular complexity index is 587. The highest BCUT2D eigenvalue weighted by molar-refractivity contribution is 9.10. The van der Waals surface area contributed by atoms with E-state index < -0.39 is 0 Å². The summed E-state index contributed by atoms with van der Waals surface area (Å²) in [7, 11) is 0. The molecule has 0 aliphatic carbocycles. The van der Waals surface area contributed by atoms with Crippen molar-refractivity contribution in [1.29, 1.82) is 0 Å².